The van der Waals surface area contributed by atoms with Crippen LogP contribution in [0.25, 0.3) is 0 Å². The van der Waals surface area contributed by atoms with E-state index in [1.165, 1.54) is 7.11 Å². The molecule has 15 heavy (non-hydrogen) atoms. The number of hydrogen-bond acceptors (Lipinski definition) is 2. The molecule has 0 bridgehead atoms. The van der Waals surface area contributed by atoms with Crippen molar-refractivity contribution >= 4 is 60.4 Å². The summed E-state index contributed by atoms with van der Waals surface area (Å²) in [6.07, 6.45) is 1.10. The van der Waals surface area contributed by atoms with E-state index >= 15 is 0 Å². The Hall–Kier alpha value is 0.380. The molecule has 0 heterocycles. The van der Waals surface area contributed by atoms with Gasteiger partial charge in [-0.3, -0.25) is 4.79 Å². The summed E-state index contributed by atoms with van der Waals surface area (Å²) >= 11 is 9.21. The van der Waals surface area contributed by atoms with E-state index in [-0.39, 0.29) is 5.97 Å². The van der Waals surface area contributed by atoms with Crippen LogP contribution in [0.5, 0.6) is 0 Å². The zero-order chi connectivity index (χ0) is 11.4. The Bertz CT molecular complexity index is 380. The summed E-state index contributed by atoms with van der Waals surface area (Å²) < 4.78 is 7.82. The number of benzene rings is 1. The number of hydrogen-bond donors (Lipinski definition) is 0. The Balaban J connectivity index is 2.78. The van der Waals surface area contributed by atoms with Gasteiger partial charge in [-0.1, -0.05) is 6.07 Å². The Kier molecular flexibility index (Phi) is 5.56. The van der Waals surface area contributed by atoms with Crippen LogP contribution in [-0.4, -0.2) is 13.1 Å². The Labute approximate surface area is 119 Å². The number of rotatable bonds is 3. The van der Waals surface area contributed by atoms with Crippen molar-refractivity contribution in [2.75, 3.05) is 7.11 Å². The van der Waals surface area contributed by atoms with Crippen molar-refractivity contribution in [2.45, 2.75) is 12.8 Å². The summed E-state index contributed by atoms with van der Waals surface area (Å²) in [7, 11) is 1.41. The summed E-state index contributed by atoms with van der Waals surface area (Å²) in [6.45, 7) is 0. The summed E-state index contributed by atoms with van der Waals surface area (Å²) in [6, 6.07) is 3.98. The van der Waals surface area contributed by atoms with E-state index < -0.39 is 0 Å². The second-order valence-corrected chi connectivity index (χ2v) is 5.64. The van der Waals surface area contributed by atoms with Gasteiger partial charge in [0, 0.05) is 18.9 Å². The van der Waals surface area contributed by atoms with Gasteiger partial charge in [0.1, 0.15) is 0 Å². The second-order valence-electron chi connectivity index (χ2n) is 2.91. The molecule has 1 aromatic carbocycles. The standard InChI is InChI=1S/C10H9Br2IO2/c1-15-8(14)5-3-6-2-4-7(11)10(13)9(6)12/h2,4H,3,5H2,1H3. The SMILES string of the molecule is COC(=O)CCc1ccc(Br)c(I)c1Br. The molecule has 0 radical (unpaired) electrons. The molecule has 0 aliphatic heterocycles. The molecule has 0 unspecified atom stereocenters. The van der Waals surface area contributed by atoms with Gasteiger partial charge in [-0.05, 0) is 72.5 Å². The Morgan fingerprint density at radius 2 is 2.13 bits per heavy atom. The van der Waals surface area contributed by atoms with Crippen molar-refractivity contribution in [3.63, 3.8) is 0 Å². The van der Waals surface area contributed by atoms with Crippen LogP contribution in [0.4, 0.5) is 0 Å². The van der Waals surface area contributed by atoms with Gasteiger partial charge in [-0.25, -0.2) is 0 Å². The van der Waals surface area contributed by atoms with E-state index in [9.17, 15) is 4.79 Å². The van der Waals surface area contributed by atoms with E-state index in [4.69, 9.17) is 0 Å². The number of aryl methyl sites for hydroxylation is 1. The normalized spacial score (nSPS) is 10.1. The first-order valence-corrected chi connectivity index (χ1v) is 6.92. The van der Waals surface area contributed by atoms with Crippen LogP contribution in [0, 0.1) is 3.57 Å². The molecule has 0 aliphatic carbocycles. The Morgan fingerprint density at radius 3 is 2.73 bits per heavy atom. The minimum atomic E-state index is -0.181. The molecule has 0 amide bonds. The lowest BCUT2D eigenvalue weighted by Crippen LogP contribution is -2.02. The molecule has 0 aromatic heterocycles. The van der Waals surface area contributed by atoms with Crippen LogP contribution >= 0.6 is 54.5 Å². The molecule has 0 spiro atoms. The van der Waals surface area contributed by atoms with E-state index in [0.717, 1.165) is 18.1 Å². The van der Waals surface area contributed by atoms with Crippen LogP contribution in [0.2, 0.25) is 0 Å². The maximum absolute atomic E-state index is 11.0. The number of esters is 1. The highest BCUT2D eigenvalue weighted by atomic mass is 127. The third kappa shape index (κ3) is 3.71. The number of ether oxygens (including phenoxy) is 1. The topological polar surface area (TPSA) is 26.3 Å². The van der Waals surface area contributed by atoms with Crippen molar-refractivity contribution in [1.82, 2.24) is 0 Å². The molecule has 0 saturated carbocycles. The van der Waals surface area contributed by atoms with Crippen LogP contribution < -0.4 is 0 Å². The molecule has 0 saturated heterocycles. The van der Waals surface area contributed by atoms with Crippen molar-refractivity contribution in [3.8, 4) is 0 Å². The lowest BCUT2D eigenvalue weighted by molar-refractivity contribution is -0.140. The monoisotopic (exact) mass is 446 g/mol. The van der Waals surface area contributed by atoms with Gasteiger partial charge in [0.05, 0.1) is 7.11 Å². The molecular weight excluding hydrogens is 439 g/mol. The third-order valence-corrected chi connectivity index (χ3v) is 6.11. The first-order chi connectivity index (χ1) is 7.06. The molecule has 1 aromatic rings. The average molecular weight is 448 g/mol. The highest BCUT2D eigenvalue weighted by molar-refractivity contribution is 14.1. The van der Waals surface area contributed by atoms with Crippen LogP contribution in [0.3, 0.4) is 0 Å². The highest BCUT2D eigenvalue weighted by Gasteiger charge is 2.09. The zero-order valence-electron chi connectivity index (χ0n) is 8.02. The van der Waals surface area contributed by atoms with Gasteiger partial charge < -0.3 is 4.74 Å². The minimum absolute atomic E-state index is 0.181. The van der Waals surface area contributed by atoms with Gasteiger partial charge in [-0.2, -0.15) is 0 Å². The molecular formula is C10H9Br2IO2. The molecule has 1 rings (SSSR count). The fraction of sp³-hybridized carbons (Fsp3) is 0.300. The lowest BCUT2D eigenvalue weighted by atomic mass is 10.1. The number of carbonyl (C=O) groups is 1. The van der Waals surface area contributed by atoms with Gasteiger partial charge in [0.25, 0.3) is 0 Å². The van der Waals surface area contributed by atoms with Gasteiger partial charge >= 0.3 is 5.97 Å². The van der Waals surface area contributed by atoms with Gasteiger partial charge in [0.2, 0.25) is 0 Å². The van der Waals surface area contributed by atoms with Crippen molar-refractivity contribution in [1.29, 1.82) is 0 Å². The number of halogens is 3. The van der Waals surface area contributed by atoms with E-state index in [1.807, 2.05) is 12.1 Å². The third-order valence-electron chi connectivity index (χ3n) is 1.94. The first kappa shape index (κ1) is 13.4. The van der Waals surface area contributed by atoms with E-state index in [1.54, 1.807) is 0 Å². The molecule has 0 atom stereocenters. The predicted molar refractivity (Wildman–Crippen MR) is 74.9 cm³/mol. The molecule has 2 nitrogen and oxygen atoms in total. The lowest BCUT2D eigenvalue weighted by Gasteiger charge is -2.07. The summed E-state index contributed by atoms with van der Waals surface area (Å²) in [4.78, 5) is 11.0. The largest absolute Gasteiger partial charge is 0.469 e. The van der Waals surface area contributed by atoms with Gasteiger partial charge in [-0.15, -0.1) is 0 Å². The minimum Gasteiger partial charge on any atom is -0.469 e. The fourth-order valence-corrected chi connectivity index (χ4v) is 2.76. The van der Waals surface area contributed by atoms with E-state index in [2.05, 4.69) is 59.2 Å². The first-order valence-electron chi connectivity index (χ1n) is 4.25. The average Bonchev–Trinajstić information content (AvgIpc) is 2.24. The Morgan fingerprint density at radius 1 is 1.47 bits per heavy atom. The van der Waals surface area contributed by atoms with Crippen molar-refractivity contribution in [3.05, 3.63) is 30.2 Å². The van der Waals surface area contributed by atoms with Crippen LogP contribution in [-0.2, 0) is 16.0 Å². The quantitative estimate of drug-likeness (QED) is 0.399. The fourth-order valence-electron chi connectivity index (χ4n) is 1.10. The number of carbonyl (C=O) groups excluding carboxylic acids is 1. The van der Waals surface area contributed by atoms with Crippen molar-refractivity contribution in [2.24, 2.45) is 0 Å². The number of methoxy groups -OCH3 is 1. The maximum atomic E-state index is 11.0. The smallest absolute Gasteiger partial charge is 0.305 e. The second kappa shape index (κ2) is 6.20. The van der Waals surface area contributed by atoms with Crippen LogP contribution in [0.15, 0.2) is 21.1 Å². The van der Waals surface area contributed by atoms with Crippen molar-refractivity contribution < 1.29 is 9.53 Å². The summed E-state index contributed by atoms with van der Waals surface area (Å²) in [5.74, 6) is -0.181. The highest BCUT2D eigenvalue weighted by Crippen LogP contribution is 2.30. The molecule has 5 heteroatoms. The van der Waals surface area contributed by atoms with Gasteiger partial charge in [0.15, 0.2) is 0 Å². The summed E-state index contributed by atoms with van der Waals surface area (Å²) in [5.41, 5.74) is 1.12. The zero-order valence-corrected chi connectivity index (χ0v) is 13.3. The van der Waals surface area contributed by atoms with Crippen LogP contribution in [0.1, 0.15) is 12.0 Å². The predicted octanol–water partition coefficient (Wildman–Crippen LogP) is 3.92. The molecule has 0 fully saturated rings. The molecule has 0 N–H and O–H groups in total. The molecule has 82 valence electrons. The van der Waals surface area contributed by atoms with E-state index in [0.29, 0.717) is 12.8 Å². The maximum Gasteiger partial charge on any atom is 0.305 e. The summed E-state index contributed by atoms with van der Waals surface area (Å²) in [5, 5.41) is 0. The molecule has 0 aliphatic rings.